The summed E-state index contributed by atoms with van der Waals surface area (Å²) in [5.41, 5.74) is 9.66. The van der Waals surface area contributed by atoms with Crippen molar-refractivity contribution in [3.63, 3.8) is 0 Å². The van der Waals surface area contributed by atoms with Crippen molar-refractivity contribution in [2.75, 3.05) is 0 Å². The Hall–Kier alpha value is -2.84. The Labute approximate surface area is 210 Å². The Morgan fingerprint density at radius 2 is 1.18 bits per heavy atom. The summed E-state index contributed by atoms with van der Waals surface area (Å²) in [5.74, 6) is 0. The van der Waals surface area contributed by atoms with Crippen LogP contribution < -0.4 is 0 Å². The maximum Gasteiger partial charge on any atom is 0.0544 e. The average Bonchev–Trinajstić information content (AvgIpc) is 3.16. The quantitative estimate of drug-likeness (QED) is 0.224. The van der Waals surface area contributed by atoms with Gasteiger partial charge in [-0.05, 0) is 88.4 Å². The molecule has 6 rings (SSSR count). The fraction of sp³-hybridized carbons (Fsp3) is 0.250. The van der Waals surface area contributed by atoms with Gasteiger partial charge in [0, 0.05) is 20.9 Å². The van der Waals surface area contributed by atoms with Crippen LogP contribution in [0.3, 0.4) is 0 Å². The molecule has 0 bridgehead atoms. The van der Waals surface area contributed by atoms with Crippen LogP contribution >= 0.6 is 15.9 Å². The van der Waals surface area contributed by atoms with Crippen molar-refractivity contribution in [2.24, 2.45) is 0 Å². The maximum atomic E-state index is 3.54. The van der Waals surface area contributed by atoms with Crippen LogP contribution in [0.2, 0.25) is 0 Å². The molecule has 0 fully saturated rings. The van der Waals surface area contributed by atoms with Gasteiger partial charge in [-0.3, -0.25) is 0 Å². The molecule has 5 aromatic rings. The highest BCUT2D eigenvalue weighted by Crippen LogP contribution is 2.48. The SMILES string of the molecule is CC1(C)CCC(C)(C)c2cc3c(cc21)c1ccccc1n3-c1ccc(-c2ccc(Br)cc2)cc1. The molecule has 34 heavy (non-hydrogen) atoms. The molecular formula is C32H30BrN. The Balaban J connectivity index is 1.59. The Morgan fingerprint density at radius 1 is 0.618 bits per heavy atom. The smallest absolute Gasteiger partial charge is 0.0544 e. The van der Waals surface area contributed by atoms with E-state index < -0.39 is 0 Å². The molecule has 0 saturated carbocycles. The maximum absolute atomic E-state index is 3.54. The lowest BCUT2D eigenvalue weighted by Crippen LogP contribution is -2.33. The van der Waals surface area contributed by atoms with Gasteiger partial charge in [-0.25, -0.2) is 0 Å². The molecule has 1 heterocycles. The summed E-state index contributed by atoms with van der Waals surface area (Å²) < 4.78 is 3.56. The van der Waals surface area contributed by atoms with Crippen molar-refractivity contribution in [3.05, 3.63) is 101 Å². The molecule has 0 unspecified atom stereocenters. The predicted molar refractivity (Wildman–Crippen MR) is 149 cm³/mol. The molecule has 0 amide bonds. The molecule has 1 nitrogen and oxygen atoms in total. The molecule has 0 saturated heterocycles. The largest absolute Gasteiger partial charge is 0.309 e. The van der Waals surface area contributed by atoms with Gasteiger partial charge in [0.25, 0.3) is 0 Å². The van der Waals surface area contributed by atoms with Crippen LogP contribution in [-0.2, 0) is 10.8 Å². The molecule has 0 N–H and O–H groups in total. The second kappa shape index (κ2) is 7.58. The molecule has 1 aromatic heterocycles. The minimum atomic E-state index is 0.186. The van der Waals surface area contributed by atoms with E-state index in [2.05, 4.69) is 133 Å². The Bertz CT molecular complexity index is 1530. The fourth-order valence-electron chi connectivity index (χ4n) is 5.75. The zero-order valence-corrected chi connectivity index (χ0v) is 21.9. The Morgan fingerprint density at radius 3 is 1.82 bits per heavy atom. The average molecular weight is 509 g/mol. The monoisotopic (exact) mass is 507 g/mol. The van der Waals surface area contributed by atoms with Crippen LogP contribution in [0, 0.1) is 0 Å². The first-order valence-electron chi connectivity index (χ1n) is 12.2. The van der Waals surface area contributed by atoms with E-state index in [0.29, 0.717) is 0 Å². The van der Waals surface area contributed by atoms with E-state index in [1.165, 1.54) is 62.6 Å². The lowest BCUT2D eigenvalue weighted by Gasteiger charge is -2.42. The molecule has 0 spiro atoms. The van der Waals surface area contributed by atoms with Crippen LogP contribution in [0.4, 0.5) is 0 Å². The number of nitrogens with zero attached hydrogens (tertiary/aromatic N) is 1. The number of aromatic nitrogens is 1. The number of benzene rings is 4. The molecule has 0 aliphatic heterocycles. The van der Waals surface area contributed by atoms with Crippen LogP contribution in [0.1, 0.15) is 51.7 Å². The topological polar surface area (TPSA) is 4.93 Å². The third kappa shape index (κ3) is 3.34. The van der Waals surface area contributed by atoms with Gasteiger partial charge < -0.3 is 4.57 Å². The van der Waals surface area contributed by atoms with Crippen molar-refractivity contribution in [1.82, 2.24) is 4.57 Å². The van der Waals surface area contributed by atoms with Crippen molar-refractivity contribution in [1.29, 1.82) is 0 Å². The van der Waals surface area contributed by atoms with Gasteiger partial charge in [0.2, 0.25) is 0 Å². The zero-order valence-electron chi connectivity index (χ0n) is 20.3. The number of para-hydroxylation sites is 1. The number of halogens is 1. The van der Waals surface area contributed by atoms with Crippen molar-refractivity contribution in [3.8, 4) is 16.8 Å². The van der Waals surface area contributed by atoms with Crippen LogP contribution in [-0.4, -0.2) is 4.57 Å². The number of rotatable bonds is 2. The molecule has 1 aliphatic rings. The highest BCUT2D eigenvalue weighted by molar-refractivity contribution is 9.10. The van der Waals surface area contributed by atoms with Gasteiger partial charge in [0.1, 0.15) is 0 Å². The second-order valence-corrected chi connectivity index (χ2v) is 12.0. The van der Waals surface area contributed by atoms with Gasteiger partial charge >= 0.3 is 0 Å². The molecule has 0 radical (unpaired) electrons. The van der Waals surface area contributed by atoms with Crippen molar-refractivity contribution in [2.45, 2.75) is 51.4 Å². The molecule has 170 valence electrons. The zero-order chi connectivity index (χ0) is 23.7. The second-order valence-electron chi connectivity index (χ2n) is 11.1. The van der Waals surface area contributed by atoms with Gasteiger partial charge in [0.15, 0.2) is 0 Å². The van der Waals surface area contributed by atoms with E-state index in [1.54, 1.807) is 0 Å². The first kappa shape index (κ1) is 21.7. The van der Waals surface area contributed by atoms with E-state index in [4.69, 9.17) is 0 Å². The summed E-state index contributed by atoms with van der Waals surface area (Å²) in [5, 5.41) is 2.69. The molecule has 0 atom stereocenters. The lowest BCUT2D eigenvalue weighted by molar-refractivity contribution is 0.332. The highest BCUT2D eigenvalue weighted by Gasteiger charge is 2.37. The van der Waals surface area contributed by atoms with Crippen LogP contribution in [0.25, 0.3) is 38.6 Å². The van der Waals surface area contributed by atoms with Crippen molar-refractivity contribution >= 4 is 37.7 Å². The van der Waals surface area contributed by atoms with Gasteiger partial charge in [-0.2, -0.15) is 0 Å². The lowest BCUT2D eigenvalue weighted by atomic mass is 9.63. The number of fused-ring (bicyclic) bond motifs is 4. The summed E-state index contributed by atoms with van der Waals surface area (Å²) in [7, 11) is 0. The number of hydrogen-bond acceptors (Lipinski definition) is 0. The van der Waals surface area contributed by atoms with Gasteiger partial charge in [0.05, 0.1) is 11.0 Å². The van der Waals surface area contributed by atoms with Gasteiger partial charge in [-0.15, -0.1) is 0 Å². The third-order valence-corrected chi connectivity index (χ3v) is 8.48. The molecule has 1 aliphatic carbocycles. The number of hydrogen-bond donors (Lipinski definition) is 0. The summed E-state index contributed by atoms with van der Waals surface area (Å²) in [6.07, 6.45) is 2.45. The first-order chi connectivity index (χ1) is 16.2. The van der Waals surface area contributed by atoms with Crippen LogP contribution in [0.15, 0.2) is 89.4 Å². The van der Waals surface area contributed by atoms with Crippen molar-refractivity contribution < 1.29 is 0 Å². The predicted octanol–water partition coefficient (Wildman–Crippen LogP) is 9.56. The van der Waals surface area contributed by atoms with E-state index in [9.17, 15) is 0 Å². The normalized spacial score (nSPS) is 16.6. The summed E-state index contributed by atoms with van der Waals surface area (Å²) in [4.78, 5) is 0. The van der Waals surface area contributed by atoms with Crippen LogP contribution in [0.5, 0.6) is 0 Å². The summed E-state index contributed by atoms with van der Waals surface area (Å²) in [6, 6.07) is 31.4. The van der Waals surface area contributed by atoms with E-state index in [-0.39, 0.29) is 10.8 Å². The Kier molecular flexibility index (Phi) is 4.83. The van der Waals surface area contributed by atoms with E-state index in [0.717, 1.165) is 4.47 Å². The highest BCUT2D eigenvalue weighted by atomic mass is 79.9. The van der Waals surface area contributed by atoms with E-state index in [1.807, 2.05) is 0 Å². The fourth-order valence-corrected chi connectivity index (χ4v) is 6.02. The first-order valence-corrected chi connectivity index (χ1v) is 13.0. The standard InChI is InChI=1S/C32H30BrN/c1-31(2)17-18-32(3,4)28-20-30-26(19-27(28)31)25-7-5-6-8-29(25)34(30)24-15-11-22(12-16-24)21-9-13-23(33)14-10-21/h5-16,19-20H,17-18H2,1-4H3. The third-order valence-electron chi connectivity index (χ3n) is 7.95. The minimum absolute atomic E-state index is 0.186. The molecule has 4 aromatic carbocycles. The summed E-state index contributed by atoms with van der Waals surface area (Å²) in [6.45, 7) is 9.64. The minimum Gasteiger partial charge on any atom is -0.309 e. The molecule has 2 heteroatoms. The summed E-state index contributed by atoms with van der Waals surface area (Å²) >= 11 is 3.54. The van der Waals surface area contributed by atoms with E-state index >= 15 is 0 Å². The van der Waals surface area contributed by atoms with Gasteiger partial charge in [-0.1, -0.05) is 86.1 Å². The molecular weight excluding hydrogens is 478 g/mol.